The van der Waals surface area contributed by atoms with Crippen molar-refractivity contribution in [3.8, 4) is 6.07 Å². The van der Waals surface area contributed by atoms with Crippen LogP contribution in [0.2, 0.25) is 0 Å². The number of nitrogens with zero attached hydrogens (tertiary/aromatic N) is 2. The van der Waals surface area contributed by atoms with Crippen LogP contribution in [0.4, 0.5) is 10.5 Å². The summed E-state index contributed by atoms with van der Waals surface area (Å²) in [6.45, 7) is 7.24. The topological polar surface area (TPSA) is 81.2 Å². The fraction of sp³-hybridized carbons (Fsp3) is 0.474. The van der Waals surface area contributed by atoms with Gasteiger partial charge in [-0.05, 0) is 51.8 Å². The number of aromatic amines is 1. The molecule has 1 fully saturated rings. The van der Waals surface area contributed by atoms with Gasteiger partial charge in [-0.2, -0.15) is 5.26 Å². The lowest BCUT2D eigenvalue weighted by Gasteiger charge is -2.35. The van der Waals surface area contributed by atoms with Crippen molar-refractivity contribution < 1.29 is 9.53 Å². The van der Waals surface area contributed by atoms with Gasteiger partial charge >= 0.3 is 6.09 Å². The molecule has 6 nitrogen and oxygen atoms in total. The predicted molar refractivity (Wildman–Crippen MR) is 97.6 cm³/mol. The molecule has 1 aliphatic rings. The smallest absolute Gasteiger partial charge is 0.407 e. The highest BCUT2D eigenvalue weighted by Crippen LogP contribution is 2.30. The predicted octanol–water partition coefficient (Wildman–Crippen LogP) is 3.53. The number of benzene rings is 1. The Bertz CT molecular complexity index is 813. The number of hydrogen-bond acceptors (Lipinski definition) is 4. The third-order valence-corrected chi connectivity index (χ3v) is 4.30. The number of fused-ring (bicyclic) bond motifs is 1. The third kappa shape index (κ3) is 3.87. The monoisotopic (exact) mass is 340 g/mol. The van der Waals surface area contributed by atoms with Gasteiger partial charge in [0.1, 0.15) is 11.7 Å². The highest BCUT2D eigenvalue weighted by molar-refractivity contribution is 5.96. The molecule has 2 N–H and O–H groups in total. The first kappa shape index (κ1) is 17.2. The second-order valence-electron chi connectivity index (χ2n) is 7.44. The molecule has 0 bridgehead atoms. The van der Waals surface area contributed by atoms with Crippen molar-refractivity contribution in [2.75, 3.05) is 18.0 Å². The average molecular weight is 340 g/mol. The molecule has 1 saturated heterocycles. The van der Waals surface area contributed by atoms with Gasteiger partial charge in [-0.25, -0.2) is 4.79 Å². The number of rotatable bonds is 2. The average Bonchev–Trinajstić information content (AvgIpc) is 3.01. The summed E-state index contributed by atoms with van der Waals surface area (Å²) in [5, 5.41) is 13.3. The van der Waals surface area contributed by atoms with Gasteiger partial charge < -0.3 is 19.9 Å². The number of amides is 1. The number of nitriles is 1. The second kappa shape index (κ2) is 6.67. The molecule has 0 saturated carbocycles. The van der Waals surface area contributed by atoms with E-state index in [0.29, 0.717) is 5.56 Å². The van der Waals surface area contributed by atoms with Gasteiger partial charge in [0.05, 0.1) is 11.1 Å². The van der Waals surface area contributed by atoms with Crippen LogP contribution in [0.3, 0.4) is 0 Å². The Labute approximate surface area is 147 Å². The first-order valence-corrected chi connectivity index (χ1v) is 8.62. The summed E-state index contributed by atoms with van der Waals surface area (Å²) >= 11 is 0. The van der Waals surface area contributed by atoms with E-state index < -0.39 is 5.60 Å². The van der Waals surface area contributed by atoms with Crippen LogP contribution in [0, 0.1) is 11.3 Å². The molecule has 1 atom stereocenters. The van der Waals surface area contributed by atoms with Crippen LogP contribution in [0.1, 0.15) is 39.2 Å². The first-order valence-electron chi connectivity index (χ1n) is 8.62. The van der Waals surface area contributed by atoms with E-state index in [4.69, 9.17) is 4.74 Å². The second-order valence-corrected chi connectivity index (χ2v) is 7.44. The molecule has 1 aliphatic heterocycles. The van der Waals surface area contributed by atoms with Crippen LogP contribution >= 0.6 is 0 Å². The van der Waals surface area contributed by atoms with E-state index in [1.54, 1.807) is 0 Å². The van der Waals surface area contributed by atoms with Crippen molar-refractivity contribution in [2.24, 2.45) is 0 Å². The van der Waals surface area contributed by atoms with Crippen molar-refractivity contribution in [1.29, 1.82) is 5.26 Å². The molecule has 1 unspecified atom stereocenters. The molecule has 0 spiro atoms. The molecule has 6 heteroatoms. The highest BCUT2D eigenvalue weighted by Gasteiger charge is 2.25. The molecule has 3 rings (SSSR count). The van der Waals surface area contributed by atoms with Crippen molar-refractivity contribution in [2.45, 2.75) is 45.3 Å². The zero-order valence-electron chi connectivity index (χ0n) is 14.9. The number of piperidine rings is 1. The van der Waals surface area contributed by atoms with E-state index in [9.17, 15) is 10.1 Å². The van der Waals surface area contributed by atoms with Gasteiger partial charge in [0.15, 0.2) is 0 Å². The van der Waals surface area contributed by atoms with Gasteiger partial charge in [-0.1, -0.05) is 0 Å². The summed E-state index contributed by atoms with van der Waals surface area (Å²) in [5.41, 5.74) is 2.10. The Morgan fingerprint density at radius 2 is 2.20 bits per heavy atom. The van der Waals surface area contributed by atoms with E-state index >= 15 is 0 Å². The quantitative estimate of drug-likeness (QED) is 0.876. The Morgan fingerprint density at radius 1 is 1.40 bits per heavy atom. The number of ether oxygens (including phenoxy) is 1. The minimum atomic E-state index is -0.497. The fourth-order valence-corrected chi connectivity index (χ4v) is 3.30. The Kier molecular flexibility index (Phi) is 4.58. The van der Waals surface area contributed by atoms with E-state index in [2.05, 4.69) is 21.3 Å². The van der Waals surface area contributed by atoms with Crippen LogP contribution < -0.4 is 10.2 Å². The summed E-state index contributed by atoms with van der Waals surface area (Å²) in [7, 11) is 0. The Morgan fingerprint density at radius 3 is 2.92 bits per heavy atom. The van der Waals surface area contributed by atoms with E-state index in [-0.39, 0.29) is 12.1 Å². The molecule has 1 amide bonds. The summed E-state index contributed by atoms with van der Waals surface area (Å²) in [4.78, 5) is 17.4. The molecule has 132 valence electrons. The molecule has 2 heterocycles. The molecule has 1 aromatic carbocycles. The van der Waals surface area contributed by atoms with Crippen LogP contribution in [0.15, 0.2) is 24.4 Å². The number of nitrogens with one attached hydrogen (secondary N) is 2. The Hall–Kier alpha value is -2.68. The molecular formula is C19H24N4O2. The van der Waals surface area contributed by atoms with E-state index in [0.717, 1.165) is 42.5 Å². The molecular weight excluding hydrogens is 316 g/mol. The minimum Gasteiger partial charge on any atom is -0.444 e. The minimum absolute atomic E-state index is 0.0493. The van der Waals surface area contributed by atoms with E-state index in [1.807, 2.05) is 45.2 Å². The lowest BCUT2D eigenvalue weighted by molar-refractivity contribution is 0.0500. The SMILES string of the molecule is CC(C)(C)OC(=O)NC1CCCN(c2ccc(C#N)c3[nH]ccc23)C1. The highest BCUT2D eigenvalue weighted by atomic mass is 16.6. The first-order chi connectivity index (χ1) is 11.9. The van der Waals surface area contributed by atoms with Gasteiger partial charge in [-0.3, -0.25) is 0 Å². The van der Waals surface area contributed by atoms with E-state index in [1.165, 1.54) is 0 Å². The van der Waals surface area contributed by atoms with Gasteiger partial charge in [-0.15, -0.1) is 0 Å². The zero-order chi connectivity index (χ0) is 18.0. The van der Waals surface area contributed by atoms with Crippen molar-refractivity contribution in [3.63, 3.8) is 0 Å². The van der Waals surface area contributed by atoms with Crippen LogP contribution in [0.5, 0.6) is 0 Å². The summed E-state index contributed by atoms with van der Waals surface area (Å²) in [6, 6.07) is 8.10. The lowest BCUT2D eigenvalue weighted by Crippen LogP contribution is -2.49. The Balaban J connectivity index is 1.75. The number of alkyl carbamates (subject to hydrolysis) is 1. The molecule has 0 radical (unpaired) electrons. The molecule has 2 aromatic rings. The fourth-order valence-electron chi connectivity index (χ4n) is 3.30. The maximum atomic E-state index is 12.0. The number of carbonyl (C=O) groups is 1. The largest absolute Gasteiger partial charge is 0.444 e. The van der Waals surface area contributed by atoms with Crippen LogP contribution in [-0.4, -0.2) is 35.8 Å². The summed E-state index contributed by atoms with van der Waals surface area (Å²) in [6.07, 6.45) is 3.41. The number of anilines is 1. The number of carbonyl (C=O) groups excluding carboxylic acids is 1. The lowest BCUT2D eigenvalue weighted by atomic mass is 10.0. The molecule has 0 aliphatic carbocycles. The normalized spacial score (nSPS) is 18.0. The number of H-pyrrole nitrogens is 1. The van der Waals surface area contributed by atoms with Gasteiger partial charge in [0.25, 0.3) is 0 Å². The van der Waals surface area contributed by atoms with Gasteiger partial charge in [0, 0.05) is 36.4 Å². The van der Waals surface area contributed by atoms with Crippen molar-refractivity contribution in [3.05, 3.63) is 30.0 Å². The maximum absolute atomic E-state index is 12.0. The van der Waals surface area contributed by atoms with Crippen molar-refractivity contribution in [1.82, 2.24) is 10.3 Å². The van der Waals surface area contributed by atoms with Crippen LogP contribution in [0.25, 0.3) is 10.9 Å². The van der Waals surface area contributed by atoms with Crippen LogP contribution in [-0.2, 0) is 4.74 Å². The number of aromatic nitrogens is 1. The summed E-state index contributed by atoms with van der Waals surface area (Å²) in [5.74, 6) is 0. The maximum Gasteiger partial charge on any atom is 0.407 e. The van der Waals surface area contributed by atoms with Gasteiger partial charge in [0.2, 0.25) is 0 Å². The number of hydrogen-bond donors (Lipinski definition) is 2. The third-order valence-electron chi connectivity index (χ3n) is 4.30. The molecule has 25 heavy (non-hydrogen) atoms. The molecule has 1 aromatic heterocycles. The standard InChI is InChI=1S/C19H24N4O2/c1-19(2,3)25-18(24)22-14-5-4-10-23(12-14)16-7-6-13(11-20)17-15(16)8-9-21-17/h6-9,14,21H,4-5,10,12H2,1-3H3,(H,22,24). The van der Waals surface area contributed by atoms with Crippen molar-refractivity contribution >= 4 is 22.7 Å². The zero-order valence-corrected chi connectivity index (χ0v) is 14.9. The summed E-state index contributed by atoms with van der Waals surface area (Å²) < 4.78 is 5.36.